The zero-order chi connectivity index (χ0) is 11.1. The second-order valence-electron chi connectivity index (χ2n) is 4.08. The molecule has 1 aromatic rings. The zero-order valence-corrected chi connectivity index (χ0v) is 8.86. The maximum Gasteiger partial charge on any atom is 0.312 e. The summed E-state index contributed by atoms with van der Waals surface area (Å²) >= 11 is 0. The fourth-order valence-electron chi connectivity index (χ4n) is 2.25. The number of hydrogen-bond donors (Lipinski definition) is 1. The molecule has 0 aliphatic heterocycles. The van der Waals surface area contributed by atoms with E-state index >= 15 is 0 Å². The molecule has 15 heavy (non-hydrogen) atoms. The van der Waals surface area contributed by atoms with E-state index in [0.717, 1.165) is 11.1 Å². The summed E-state index contributed by atoms with van der Waals surface area (Å²) in [6.45, 7) is 1.67. The SMILES string of the molecule is COC(=O)[C@@H]1Cc2ccccc2[C@]1(C)O. The summed E-state index contributed by atoms with van der Waals surface area (Å²) in [6, 6.07) is 7.58. The smallest absolute Gasteiger partial charge is 0.312 e. The van der Waals surface area contributed by atoms with Crippen molar-refractivity contribution < 1.29 is 14.6 Å². The Labute approximate surface area is 88.7 Å². The van der Waals surface area contributed by atoms with Crippen LogP contribution in [-0.2, 0) is 21.6 Å². The van der Waals surface area contributed by atoms with E-state index < -0.39 is 11.5 Å². The highest BCUT2D eigenvalue weighted by Gasteiger charge is 2.46. The summed E-state index contributed by atoms with van der Waals surface area (Å²) in [5.41, 5.74) is 0.752. The molecule has 0 radical (unpaired) electrons. The summed E-state index contributed by atoms with van der Waals surface area (Å²) < 4.78 is 4.70. The normalized spacial score (nSPS) is 28.6. The standard InChI is InChI=1S/C12H14O3/c1-12(14)9-6-4-3-5-8(9)7-10(12)11(13)15-2/h3-6,10,14H,7H2,1-2H3/t10-,12-/m0/s1. The van der Waals surface area contributed by atoms with Crippen LogP contribution in [0.25, 0.3) is 0 Å². The van der Waals surface area contributed by atoms with Crippen molar-refractivity contribution in [3.63, 3.8) is 0 Å². The van der Waals surface area contributed by atoms with Crippen LogP contribution in [0.2, 0.25) is 0 Å². The van der Waals surface area contributed by atoms with Gasteiger partial charge in [0.05, 0.1) is 13.0 Å². The largest absolute Gasteiger partial charge is 0.469 e. The molecule has 0 saturated carbocycles. The Hall–Kier alpha value is -1.35. The number of methoxy groups -OCH3 is 1. The molecule has 0 unspecified atom stereocenters. The molecule has 0 spiro atoms. The Morgan fingerprint density at radius 1 is 1.53 bits per heavy atom. The van der Waals surface area contributed by atoms with Crippen molar-refractivity contribution >= 4 is 5.97 Å². The summed E-state index contributed by atoms with van der Waals surface area (Å²) in [5, 5.41) is 10.3. The molecule has 0 bridgehead atoms. The highest BCUT2D eigenvalue weighted by atomic mass is 16.5. The molecule has 3 heteroatoms. The van der Waals surface area contributed by atoms with Gasteiger partial charge in [0, 0.05) is 0 Å². The van der Waals surface area contributed by atoms with Gasteiger partial charge in [-0.25, -0.2) is 0 Å². The van der Waals surface area contributed by atoms with E-state index in [1.165, 1.54) is 7.11 Å². The lowest BCUT2D eigenvalue weighted by Crippen LogP contribution is -2.34. The molecule has 1 aliphatic carbocycles. The number of ether oxygens (including phenoxy) is 1. The van der Waals surface area contributed by atoms with Gasteiger partial charge in [-0.05, 0) is 24.5 Å². The molecule has 1 N–H and O–H groups in total. The van der Waals surface area contributed by atoms with Crippen molar-refractivity contribution in [1.29, 1.82) is 0 Å². The molecule has 1 aliphatic rings. The van der Waals surface area contributed by atoms with Crippen molar-refractivity contribution in [3.8, 4) is 0 Å². The van der Waals surface area contributed by atoms with Crippen molar-refractivity contribution in [2.45, 2.75) is 18.9 Å². The molecule has 1 aromatic carbocycles. The number of carbonyl (C=O) groups is 1. The van der Waals surface area contributed by atoms with E-state index in [4.69, 9.17) is 4.74 Å². The van der Waals surface area contributed by atoms with E-state index in [2.05, 4.69) is 0 Å². The number of carbonyl (C=O) groups excluding carboxylic acids is 1. The first kappa shape index (κ1) is 10.2. The van der Waals surface area contributed by atoms with E-state index in [1.807, 2.05) is 24.3 Å². The fraction of sp³-hybridized carbons (Fsp3) is 0.417. The third-order valence-corrected chi connectivity index (χ3v) is 3.15. The van der Waals surface area contributed by atoms with Crippen LogP contribution in [0.15, 0.2) is 24.3 Å². The lowest BCUT2D eigenvalue weighted by molar-refractivity contribution is -0.154. The minimum absolute atomic E-state index is 0.351. The molecule has 2 rings (SSSR count). The van der Waals surface area contributed by atoms with E-state index in [-0.39, 0.29) is 5.97 Å². The maximum absolute atomic E-state index is 11.5. The lowest BCUT2D eigenvalue weighted by atomic mass is 9.89. The summed E-state index contributed by atoms with van der Waals surface area (Å²) in [6.07, 6.45) is 0.551. The number of fused-ring (bicyclic) bond motifs is 1. The summed E-state index contributed by atoms with van der Waals surface area (Å²) in [7, 11) is 1.35. The number of aliphatic hydroxyl groups is 1. The maximum atomic E-state index is 11.5. The molecule has 2 atom stereocenters. The van der Waals surface area contributed by atoms with Crippen LogP contribution in [0.1, 0.15) is 18.1 Å². The van der Waals surface area contributed by atoms with Crippen LogP contribution in [0.5, 0.6) is 0 Å². The van der Waals surface area contributed by atoms with Crippen LogP contribution in [0, 0.1) is 5.92 Å². The van der Waals surface area contributed by atoms with Crippen molar-refractivity contribution in [1.82, 2.24) is 0 Å². The fourth-order valence-corrected chi connectivity index (χ4v) is 2.25. The van der Waals surface area contributed by atoms with E-state index in [0.29, 0.717) is 6.42 Å². The minimum atomic E-state index is -1.11. The highest BCUT2D eigenvalue weighted by molar-refractivity contribution is 5.76. The zero-order valence-electron chi connectivity index (χ0n) is 8.86. The Morgan fingerprint density at radius 3 is 2.80 bits per heavy atom. The summed E-state index contributed by atoms with van der Waals surface area (Å²) in [4.78, 5) is 11.5. The van der Waals surface area contributed by atoms with Gasteiger partial charge in [0.2, 0.25) is 0 Å². The Bertz CT molecular complexity index is 396. The lowest BCUT2D eigenvalue weighted by Gasteiger charge is -2.24. The number of benzene rings is 1. The second kappa shape index (κ2) is 3.35. The van der Waals surface area contributed by atoms with Gasteiger partial charge in [-0.3, -0.25) is 4.79 Å². The molecule has 80 valence electrons. The van der Waals surface area contributed by atoms with Crippen molar-refractivity contribution in [3.05, 3.63) is 35.4 Å². The molecular formula is C12H14O3. The number of esters is 1. The topological polar surface area (TPSA) is 46.5 Å². The number of rotatable bonds is 1. The van der Waals surface area contributed by atoms with Gasteiger partial charge in [0.15, 0.2) is 0 Å². The third kappa shape index (κ3) is 1.43. The first-order valence-electron chi connectivity index (χ1n) is 4.96. The van der Waals surface area contributed by atoms with E-state index in [1.54, 1.807) is 6.92 Å². The van der Waals surface area contributed by atoms with Gasteiger partial charge in [-0.2, -0.15) is 0 Å². The van der Waals surface area contributed by atoms with Crippen LogP contribution >= 0.6 is 0 Å². The summed E-state index contributed by atoms with van der Waals surface area (Å²) in [5.74, 6) is -0.837. The quantitative estimate of drug-likeness (QED) is 0.703. The predicted octanol–water partition coefficient (Wildman–Crippen LogP) is 1.24. The van der Waals surface area contributed by atoms with Gasteiger partial charge >= 0.3 is 5.97 Å². The molecule has 0 amide bonds. The average Bonchev–Trinajstić information content (AvgIpc) is 2.51. The average molecular weight is 206 g/mol. The second-order valence-corrected chi connectivity index (χ2v) is 4.08. The Balaban J connectivity index is 2.42. The van der Waals surface area contributed by atoms with Crippen LogP contribution in [0.3, 0.4) is 0 Å². The van der Waals surface area contributed by atoms with Gasteiger partial charge in [0.1, 0.15) is 5.60 Å². The Morgan fingerprint density at radius 2 is 2.20 bits per heavy atom. The van der Waals surface area contributed by atoms with Crippen molar-refractivity contribution in [2.24, 2.45) is 5.92 Å². The van der Waals surface area contributed by atoms with Gasteiger partial charge in [-0.1, -0.05) is 24.3 Å². The van der Waals surface area contributed by atoms with Gasteiger partial charge in [-0.15, -0.1) is 0 Å². The molecule has 3 nitrogen and oxygen atoms in total. The van der Waals surface area contributed by atoms with Gasteiger partial charge in [0.25, 0.3) is 0 Å². The molecule has 0 aromatic heterocycles. The van der Waals surface area contributed by atoms with Crippen LogP contribution < -0.4 is 0 Å². The van der Waals surface area contributed by atoms with E-state index in [9.17, 15) is 9.90 Å². The number of hydrogen-bond acceptors (Lipinski definition) is 3. The van der Waals surface area contributed by atoms with Crippen LogP contribution in [-0.4, -0.2) is 18.2 Å². The monoisotopic (exact) mass is 206 g/mol. The Kier molecular flexibility index (Phi) is 2.27. The van der Waals surface area contributed by atoms with Crippen LogP contribution in [0.4, 0.5) is 0 Å². The van der Waals surface area contributed by atoms with Gasteiger partial charge < -0.3 is 9.84 Å². The molecular weight excluding hydrogens is 192 g/mol. The predicted molar refractivity (Wildman–Crippen MR) is 55.2 cm³/mol. The third-order valence-electron chi connectivity index (χ3n) is 3.15. The minimum Gasteiger partial charge on any atom is -0.469 e. The van der Waals surface area contributed by atoms with Crippen molar-refractivity contribution in [2.75, 3.05) is 7.11 Å². The molecule has 0 saturated heterocycles. The molecule has 0 heterocycles. The first-order chi connectivity index (χ1) is 7.07. The highest BCUT2D eigenvalue weighted by Crippen LogP contribution is 2.41. The molecule has 0 fully saturated rings. The first-order valence-corrected chi connectivity index (χ1v) is 4.96.